The summed E-state index contributed by atoms with van der Waals surface area (Å²) in [6.07, 6.45) is 4.70. The van der Waals surface area contributed by atoms with Gasteiger partial charge < -0.3 is 9.64 Å². The van der Waals surface area contributed by atoms with Crippen LogP contribution in [0.2, 0.25) is 0 Å². The maximum absolute atomic E-state index is 12.7. The first-order valence-electron chi connectivity index (χ1n) is 8.44. The molecule has 0 radical (unpaired) electrons. The highest BCUT2D eigenvalue weighted by molar-refractivity contribution is 7.10. The van der Waals surface area contributed by atoms with Crippen molar-refractivity contribution >= 4 is 17.2 Å². The van der Waals surface area contributed by atoms with Gasteiger partial charge >= 0.3 is 0 Å². The van der Waals surface area contributed by atoms with Gasteiger partial charge in [-0.3, -0.25) is 9.69 Å². The van der Waals surface area contributed by atoms with Crippen molar-refractivity contribution in [3.63, 3.8) is 0 Å². The molecule has 0 unspecified atom stereocenters. The Morgan fingerprint density at radius 1 is 1.41 bits per heavy atom. The third-order valence-corrected chi connectivity index (χ3v) is 6.10. The quantitative estimate of drug-likeness (QED) is 0.833. The first-order valence-corrected chi connectivity index (χ1v) is 9.32. The van der Waals surface area contributed by atoms with Crippen LogP contribution in [0.4, 0.5) is 0 Å². The van der Waals surface area contributed by atoms with Crippen molar-refractivity contribution in [1.82, 2.24) is 9.80 Å². The number of fused-ring (bicyclic) bond motifs is 1. The summed E-state index contributed by atoms with van der Waals surface area (Å²) >= 11 is 1.83. The van der Waals surface area contributed by atoms with E-state index in [0.717, 1.165) is 45.7 Å². The molecule has 1 amide bonds. The topological polar surface area (TPSA) is 32.8 Å². The van der Waals surface area contributed by atoms with Gasteiger partial charge in [0.15, 0.2) is 0 Å². The molecule has 1 aromatic rings. The van der Waals surface area contributed by atoms with Crippen molar-refractivity contribution in [2.24, 2.45) is 5.92 Å². The Labute approximate surface area is 136 Å². The van der Waals surface area contributed by atoms with Crippen molar-refractivity contribution in [3.8, 4) is 0 Å². The molecular formula is C17H24N2O2S. The van der Waals surface area contributed by atoms with E-state index in [1.54, 1.807) is 0 Å². The zero-order chi connectivity index (χ0) is 14.9. The first-order chi connectivity index (χ1) is 10.8. The highest BCUT2D eigenvalue weighted by Crippen LogP contribution is 2.29. The van der Waals surface area contributed by atoms with Gasteiger partial charge in [-0.1, -0.05) is 0 Å². The number of hydrogen-bond acceptors (Lipinski definition) is 4. The first kappa shape index (κ1) is 14.7. The van der Waals surface area contributed by atoms with Crippen LogP contribution >= 0.6 is 11.3 Å². The fourth-order valence-electron chi connectivity index (χ4n) is 3.58. The van der Waals surface area contributed by atoms with E-state index in [0.29, 0.717) is 24.4 Å². The van der Waals surface area contributed by atoms with Crippen molar-refractivity contribution < 1.29 is 9.53 Å². The molecule has 0 spiro atoms. The fraction of sp³-hybridized carbons (Fsp3) is 0.706. The van der Waals surface area contributed by atoms with E-state index in [1.165, 1.54) is 23.3 Å². The molecular weight excluding hydrogens is 296 g/mol. The summed E-state index contributed by atoms with van der Waals surface area (Å²) in [5.74, 6) is 0.931. The minimum absolute atomic E-state index is 0.308. The minimum Gasteiger partial charge on any atom is -0.381 e. The largest absolute Gasteiger partial charge is 0.381 e. The van der Waals surface area contributed by atoms with E-state index in [9.17, 15) is 4.79 Å². The normalized spacial score (nSPS) is 24.8. The van der Waals surface area contributed by atoms with Gasteiger partial charge in [0.05, 0.1) is 13.2 Å². The van der Waals surface area contributed by atoms with Crippen LogP contribution in [-0.4, -0.2) is 54.6 Å². The van der Waals surface area contributed by atoms with E-state index in [1.807, 2.05) is 11.3 Å². The molecule has 1 saturated heterocycles. The number of thiophene rings is 1. The Morgan fingerprint density at radius 3 is 3.09 bits per heavy atom. The zero-order valence-corrected chi connectivity index (χ0v) is 13.8. The van der Waals surface area contributed by atoms with Crippen LogP contribution in [0.3, 0.4) is 0 Å². The summed E-state index contributed by atoms with van der Waals surface area (Å²) in [4.78, 5) is 18.6. The average Bonchev–Trinajstić information content (AvgIpc) is 3.06. The number of amides is 1. The molecule has 2 fully saturated rings. The smallest absolute Gasteiger partial charge is 0.237 e. The van der Waals surface area contributed by atoms with Crippen molar-refractivity contribution in [3.05, 3.63) is 21.9 Å². The van der Waals surface area contributed by atoms with Crippen LogP contribution < -0.4 is 0 Å². The molecule has 1 atom stereocenters. The van der Waals surface area contributed by atoms with Crippen LogP contribution in [0.15, 0.2) is 11.4 Å². The highest BCUT2D eigenvalue weighted by atomic mass is 32.1. The standard InChI is InChI=1S/C17H24N2O2S/c20-17(18-6-3-16-14(10-18)5-8-22-16)11-19(15-1-2-15)9-13-4-7-21-12-13/h5,8,13,15H,1-4,6-7,9-12H2/t13-/m0/s1. The maximum atomic E-state index is 12.7. The van der Waals surface area contributed by atoms with Crippen molar-refractivity contribution in [2.45, 2.75) is 38.3 Å². The molecule has 1 aromatic heterocycles. The van der Waals surface area contributed by atoms with Gasteiger partial charge in [0.25, 0.3) is 0 Å². The summed E-state index contributed by atoms with van der Waals surface area (Å²) < 4.78 is 5.49. The molecule has 3 aliphatic rings. The number of ether oxygens (including phenoxy) is 1. The van der Waals surface area contributed by atoms with Gasteiger partial charge in [-0.2, -0.15) is 0 Å². The zero-order valence-electron chi connectivity index (χ0n) is 13.0. The monoisotopic (exact) mass is 320 g/mol. The van der Waals surface area contributed by atoms with E-state index < -0.39 is 0 Å². The van der Waals surface area contributed by atoms with E-state index in [4.69, 9.17) is 4.74 Å². The third kappa shape index (κ3) is 3.21. The predicted octanol–water partition coefficient (Wildman–Crippen LogP) is 2.13. The summed E-state index contributed by atoms with van der Waals surface area (Å²) in [7, 11) is 0. The molecule has 1 saturated carbocycles. The number of carbonyl (C=O) groups excluding carboxylic acids is 1. The Kier molecular flexibility index (Phi) is 4.20. The lowest BCUT2D eigenvalue weighted by molar-refractivity contribution is -0.133. The molecule has 4 nitrogen and oxygen atoms in total. The van der Waals surface area contributed by atoms with E-state index >= 15 is 0 Å². The number of nitrogens with zero attached hydrogens (tertiary/aromatic N) is 2. The molecule has 3 heterocycles. The highest BCUT2D eigenvalue weighted by Gasteiger charge is 2.34. The predicted molar refractivity (Wildman–Crippen MR) is 87.0 cm³/mol. The summed E-state index contributed by atoms with van der Waals surface area (Å²) in [5.41, 5.74) is 1.35. The molecule has 1 aliphatic carbocycles. The molecule has 120 valence electrons. The molecule has 4 rings (SSSR count). The Hall–Kier alpha value is -0.910. The fourth-order valence-corrected chi connectivity index (χ4v) is 4.47. The molecule has 0 aromatic carbocycles. The molecule has 22 heavy (non-hydrogen) atoms. The average molecular weight is 320 g/mol. The molecule has 0 bridgehead atoms. The van der Waals surface area contributed by atoms with Gasteiger partial charge in [-0.25, -0.2) is 0 Å². The van der Waals surface area contributed by atoms with Crippen LogP contribution in [-0.2, 0) is 22.5 Å². The van der Waals surface area contributed by atoms with Crippen molar-refractivity contribution in [1.29, 1.82) is 0 Å². The van der Waals surface area contributed by atoms with E-state index in [2.05, 4.69) is 21.2 Å². The molecule has 0 N–H and O–H groups in total. The lowest BCUT2D eigenvalue weighted by Crippen LogP contribution is -2.44. The summed E-state index contributed by atoms with van der Waals surface area (Å²) in [5, 5.41) is 2.15. The Morgan fingerprint density at radius 2 is 2.32 bits per heavy atom. The second-order valence-electron chi connectivity index (χ2n) is 6.82. The second kappa shape index (κ2) is 6.30. The molecule has 2 aliphatic heterocycles. The van der Waals surface area contributed by atoms with Crippen LogP contribution in [0, 0.1) is 5.92 Å². The number of rotatable bonds is 5. The lowest BCUT2D eigenvalue weighted by Gasteiger charge is -2.31. The van der Waals surface area contributed by atoms with Crippen LogP contribution in [0.1, 0.15) is 29.7 Å². The number of hydrogen-bond donors (Lipinski definition) is 0. The van der Waals surface area contributed by atoms with Gasteiger partial charge in [0.2, 0.25) is 5.91 Å². The minimum atomic E-state index is 0.308. The molecule has 5 heteroatoms. The van der Waals surface area contributed by atoms with Crippen LogP contribution in [0.25, 0.3) is 0 Å². The van der Waals surface area contributed by atoms with Gasteiger partial charge in [-0.05, 0) is 48.6 Å². The van der Waals surface area contributed by atoms with Gasteiger partial charge in [-0.15, -0.1) is 11.3 Å². The third-order valence-electron chi connectivity index (χ3n) is 5.08. The summed E-state index contributed by atoms with van der Waals surface area (Å²) in [6, 6.07) is 2.82. The maximum Gasteiger partial charge on any atom is 0.237 e. The van der Waals surface area contributed by atoms with Crippen molar-refractivity contribution in [2.75, 3.05) is 32.8 Å². The van der Waals surface area contributed by atoms with Gasteiger partial charge in [0, 0.05) is 37.2 Å². The van der Waals surface area contributed by atoms with Crippen LogP contribution in [0.5, 0.6) is 0 Å². The summed E-state index contributed by atoms with van der Waals surface area (Å²) in [6.45, 7) is 5.10. The van der Waals surface area contributed by atoms with Gasteiger partial charge in [0.1, 0.15) is 0 Å². The Balaban J connectivity index is 1.35. The second-order valence-corrected chi connectivity index (χ2v) is 7.83. The van der Waals surface area contributed by atoms with E-state index in [-0.39, 0.29) is 0 Å². The number of carbonyl (C=O) groups is 1. The Bertz CT molecular complexity index is 535. The lowest BCUT2D eigenvalue weighted by atomic mass is 10.1. The SMILES string of the molecule is O=C(CN(C[C@@H]1CCOC1)C1CC1)N1CCc2sccc2C1.